The quantitative estimate of drug-likeness (QED) is 0.837. The maximum atomic E-state index is 14.4. The van der Waals surface area contributed by atoms with E-state index in [1.807, 2.05) is 25.1 Å². The summed E-state index contributed by atoms with van der Waals surface area (Å²) in [5, 5.41) is 8.13. The molecule has 22 heavy (non-hydrogen) atoms. The first-order valence-electron chi connectivity index (χ1n) is 7.27. The van der Waals surface area contributed by atoms with Crippen LogP contribution in [-0.4, -0.2) is 51.3 Å². The van der Waals surface area contributed by atoms with Gasteiger partial charge in [-0.25, -0.2) is 14.4 Å². The lowest BCUT2D eigenvalue weighted by atomic mass is 10.0. The Kier molecular flexibility index (Phi) is 4.02. The fourth-order valence-electron chi connectivity index (χ4n) is 2.87. The van der Waals surface area contributed by atoms with E-state index >= 15 is 0 Å². The topological polar surface area (TPSA) is 69.0 Å². The molecule has 0 N–H and O–H groups in total. The summed E-state index contributed by atoms with van der Waals surface area (Å²) in [6.45, 7) is 3.03. The number of aromatic nitrogens is 5. The lowest BCUT2D eigenvalue weighted by Gasteiger charge is -2.18. The fourth-order valence-corrected chi connectivity index (χ4v) is 2.87. The number of rotatable bonds is 4. The minimum atomic E-state index is -0.348. The van der Waals surface area contributed by atoms with Gasteiger partial charge >= 0.3 is 0 Å². The number of hydrogen-bond acceptors (Lipinski definition) is 6. The van der Waals surface area contributed by atoms with E-state index in [-0.39, 0.29) is 17.8 Å². The standard InChI is InChI=1S/C14H19FN6O/c1-4-10-13(15)14(17-8-16-10)21-5-9(12(7-21)22-3)11-6-20(2)19-18-11/h6,8-9,12H,4-5,7H2,1-3H3/t9-,12+/m0/s1. The Balaban J connectivity index is 1.88. The molecule has 1 aliphatic heterocycles. The molecule has 7 nitrogen and oxygen atoms in total. The molecule has 2 aromatic heterocycles. The molecule has 0 aliphatic carbocycles. The number of ether oxygens (including phenoxy) is 1. The molecule has 0 radical (unpaired) electrons. The van der Waals surface area contributed by atoms with Crippen LogP contribution in [0.5, 0.6) is 0 Å². The van der Waals surface area contributed by atoms with Gasteiger partial charge in [0.15, 0.2) is 11.6 Å². The highest BCUT2D eigenvalue weighted by molar-refractivity contribution is 5.44. The van der Waals surface area contributed by atoms with Crippen molar-refractivity contribution in [3.8, 4) is 0 Å². The molecule has 0 spiro atoms. The second kappa shape index (κ2) is 5.96. The SMILES string of the molecule is CCc1ncnc(N2C[C@@H](OC)[C@H](c3cn(C)nn3)C2)c1F. The van der Waals surface area contributed by atoms with Gasteiger partial charge in [-0.15, -0.1) is 5.10 Å². The number of halogens is 1. The number of methoxy groups -OCH3 is 1. The van der Waals surface area contributed by atoms with Gasteiger partial charge in [-0.2, -0.15) is 0 Å². The molecule has 0 saturated carbocycles. The van der Waals surface area contributed by atoms with E-state index in [9.17, 15) is 4.39 Å². The molecule has 0 unspecified atom stereocenters. The smallest absolute Gasteiger partial charge is 0.187 e. The van der Waals surface area contributed by atoms with Gasteiger partial charge < -0.3 is 9.64 Å². The average molecular weight is 306 g/mol. The molecular weight excluding hydrogens is 287 g/mol. The van der Waals surface area contributed by atoms with Crippen molar-refractivity contribution in [2.75, 3.05) is 25.1 Å². The minimum Gasteiger partial charge on any atom is -0.379 e. The first-order chi connectivity index (χ1) is 10.6. The van der Waals surface area contributed by atoms with Crippen molar-refractivity contribution in [3.05, 3.63) is 29.7 Å². The fraction of sp³-hybridized carbons (Fsp3) is 0.571. The summed E-state index contributed by atoms with van der Waals surface area (Å²) in [6, 6.07) is 0. The van der Waals surface area contributed by atoms with Gasteiger partial charge in [-0.05, 0) is 6.42 Å². The third kappa shape index (κ3) is 2.54. The Hall–Kier alpha value is -2.09. The Bertz CT molecular complexity index is 661. The third-order valence-electron chi connectivity index (χ3n) is 4.05. The second-order valence-corrected chi connectivity index (χ2v) is 5.41. The third-order valence-corrected chi connectivity index (χ3v) is 4.05. The van der Waals surface area contributed by atoms with Crippen LogP contribution >= 0.6 is 0 Å². The number of anilines is 1. The zero-order valence-corrected chi connectivity index (χ0v) is 12.9. The normalized spacial score (nSPS) is 21.5. The highest BCUT2D eigenvalue weighted by Gasteiger charge is 2.37. The van der Waals surface area contributed by atoms with E-state index in [2.05, 4.69) is 20.3 Å². The van der Waals surface area contributed by atoms with Crippen molar-refractivity contribution in [2.45, 2.75) is 25.4 Å². The van der Waals surface area contributed by atoms with Gasteiger partial charge in [0.1, 0.15) is 6.33 Å². The van der Waals surface area contributed by atoms with Gasteiger partial charge in [0.2, 0.25) is 0 Å². The highest BCUT2D eigenvalue weighted by atomic mass is 19.1. The summed E-state index contributed by atoms with van der Waals surface area (Å²) in [6.07, 6.45) is 3.75. The Labute approximate surface area is 128 Å². The summed E-state index contributed by atoms with van der Waals surface area (Å²) in [7, 11) is 3.48. The summed E-state index contributed by atoms with van der Waals surface area (Å²) < 4.78 is 21.7. The van der Waals surface area contributed by atoms with Crippen LogP contribution in [0.2, 0.25) is 0 Å². The molecule has 0 bridgehead atoms. The van der Waals surface area contributed by atoms with Crippen LogP contribution in [0.1, 0.15) is 24.2 Å². The second-order valence-electron chi connectivity index (χ2n) is 5.41. The van der Waals surface area contributed by atoms with E-state index in [4.69, 9.17) is 4.74 Å². The van der Waals surface area contributed by atoms with Crippen molar-refractivity contribution in [1.29, 1.82) is 0 Å². The van der Waals surface area contributed by atoms with Crippen molar-refractivity contribution >= 4 is 5.82 Å². The molecule has 0 amide bonds. The van der Waals surface area contributed by atoms with Gasteiger partial charge in [0.25, 0.3) is 0 Å². The molecule has 3 rings (SSSR count). The van der Waals surface area contributed by atoms with Crippen molar-refractivity contribution < 1.29 is 9.13 Å². The summed E-state index contributed by atoms with van der Waals surface area (Å²) in [4.78, 5) is 9.99. The van der Waals surface area contributed by atoms with Crippen molar-refractivity contribution in [2.24, 2.45) is 7.05 Å². The monoisotopic (exact) mass is 306 g/mol. The van der Waals surface area contributed by atoms with E-state index in [1.54, 1.807) is 11.8 Å². The van der Waals surface area contributed by atoms with E-state index in [0.717, 1.165) is 5.69 Å². The minimum absolute atomic E-state index is 0.0399. The van der Waals surface area contributed by atoms with Gasteiger partial charge in [0.05, 0.1) is 23.4 Å². The van der Waals surface area contributed by atoms with Crippen LogP contribution in [-0.2, 0) is 18.2 Å². The molecule has 1 saturated heterocycles. The summed E-state index contributed by atoms with van der Waals surface area (Å²) in [5.74, 6) is 0.0260. The zero-order valence-electron chi connectivity index (χ0n) is 12.9. The molecule has 0 aromatic carbocycles. The maximum absolute atomic E-state index is 14.4. The van der Waals surface area contributed by atoms with Crippen LogP contribution in [0.15, 0.2) is 12.5 Å². The molecule has 2 aromatic rings. The largest absolute Gasteiger partial charge is 0.379 e. The Morgan fingerprint density at radius 3 is 2.82 bits per heavy atom. The molecule has 1 aliphatic rings. The molecule has 118 valence electrons. The number of hydrogen-bond donors (Lipinski definition) is 0. The predicted octanol–water partition coefficient (Wildman–Crippen LogP) is 0.925. The van der Waals surface area contributed by atoms with E-state index in [1.165, 1.54) is 6.33 Å². The van der Waals surface area contributed by atoms with E-state index < -0.39 is 0 Å². The first-order valence-corrected chi connectivity index (χ1v) is 7.27. The van der Waals surface area contributed by atoms with Crippen LogP contribution in [0.3, 0.4) is 0 Å². The maximum Gasteiger partial charge on any atom is 0.187 e. The molecular formula is C14H19FN6O. The zero-order chi connectivity index (χ0) is 15.7. The molecule has 1 fully saturated rings. The highest BCUT2D eigenvalue weighted by Crippen LogP contribution is 2.32. The lowest BCUT2D eigenvalue weighted by Crippen LogP contribution is -2.24. The first kappa shape index (κ1) is 14.8. The summed E-state index contributed by atoms with van der Waals surface area (Å²) in [5.41, 5.74) is 1.28. The number of nitrogens with zero attached hydrogens (tertiary/aromatic N) is 6. The van der Waals surface area contributed by atoms with Crippen molar-refractivity contribution in [1.82, 2.24) is 25.0 Å². The predicted molar refractivity (Wildman–Crippen MR) is 78.1 cm³/mol. The molecule has 8 heteroatoms. The van der Waals surface area contributed by atoms with Crippen LogP contribution < -0.4 is 4.90 Å². The lowest BCUT2D eigenvalue weighted by molar-refractivity contribution is 0.105. The van der Waals surface area contributed by atoms with E-state index in [0.29, 0.717) is 31.0 Å². The van der Waals surface area contributed by atoms with Gasteiger partial charge in [0, 0.05) is 33.4 Å². The van der Waals surface area contributed by atoms with Crippen LogP contribution in [0.25, 0.3) is 0 Å². The molecule has 3 heterocycles. The Morgan fingerprint density at radius 2 is 2.18 bits per heavy atom. The van der Waals surface area contributed by atoms with Gasteiger partial charge in [-0.3, -0.25) is 4.68 Å². The number of aryl methyl sites for hydroxylation is 2. The van der Waals surface area contributed by atoms with Crippen molar-refractivity contribution in [3.63, 3.8) is 0 Å². The molecule has 2 atom stereocenters. The Morgan fingerprint density at radius 1 is 1.36 bits per heavy atom. The summed E-state index contributed by atoms with van der Waals surface area (Å²) >= 11 is 0. The van der Waals surface area contributed by atoms with Crippen LogP contribution in [0.4, 0.5) is 10.2 Å². The van der Waals surface area contributed by atoms with Gasteiger partial charge in [-0.1, -0.05) is 12.1 Å². The average Bonchev–Trinajstić information content (AvgIpc) is 3.13. The van der Waals surface area contributed by atoms with Crippen LogP contribution in [0, 0.1) is 5.82 Å².